The summed E-state index contributed by atoms with van der Waals surface area (Å²) in [6.07, 6.45) is 2.39. The van der Waals surface area contributed by atoms with Crippen molar-refractivity contribution in [3.8, 4) is 0 Å². The second-order valence-electron chi connectivity index (χ2n) is 5.79. The van der Waals surface area contributed by atoms with Gasteiger partial charge in [0, 0.05) is 24.3 Å². The molecule has 0 aliphatic carbocycles. The number of nitrogens with zero attached hydrogens (tertiary/aromatic N) is 2. The molecule has 2 aromatic carbocycles. The van der Waals surface area contributed by atoms with Crippen LogP contribution in [0.5, 0.6) is 0 Å². The lowest BCUT2D eigenvalue weighted by Gasteiger charge is -2.17. The van der Waals surface area contributed by atoms with Gasteiger partial charge in [0.1, 0.15) is 5.84 Å². The molecule has 0 unspecified atom stereocenters. The molecule has 1 fully saturated rings. The lowest BCUT2D eigenvalue weighted by atomic mass is 10.1. The molecular weight excluding hydrogens is 302 g/mol. The smallest absolute Gasteiger partial charge is 0.197 e. The van der Waals surface area contributed by atoms with Crippen molar-refractivity contribution < 1.29 is 0 Å². The number of rotatable bonds is 2. The molecular formula is C19H21N3S. The molecule has 0 atom stereocenters. The first-order valence-corrected chi connectivity index (χ1v) is 8.40. The van der Waals surface area contributed by atoms with Crippen LogP contribution in [-0.2, 0) is 0 Å². The van der Waals surface area contributed by atoms with E-state index in [1.165, 1.54) is 18.4 Å². The molecule has 0 amide bonds. The Morgan fingerprint density at radius 2 is 1.65 bits per heavy atom. The summed E-state index contributed by atoms with van der Waals surface area (Å²) in [5, 5.41) is 4.07. The first kappa shape index (κ1) is 15.7. The molecule has 0 bridgehead atoms. The van der Waals surface area contributed by atoms with Crippen LogP contribution in [0.4, 0.5) is 5.69 Å². The molecule has 0 aromatic heterocycles. The zero-order chi connectivity index (χ0) is 16.1. The van der Waals surface area contributed by atoms with Gasteiger partial charge in [-0.05, 0) is 44.1 Å². The molecule has 1 saturated heterocycles. The van der Waals surface area contributed by atoms with Gasteiger partial charge < -0.3 is 10.2 Å². The maximum atomic E-state index is 5.53. The zero-order valence-corrected chi connectivity index (χ0v) is 14.1. The highest BCUT2D eigenvalue weighted by atomic mass is 32.1. The molecule has 118 valence electrons. The number of anilines is 1. The third-order valence-corrected chi connectivity index (χ3v) is 4.30. The molecule has 4 heteroatoms. The Balaban J connectivity index is 1.88. The minimum absolute atomic E-state index is 0.668. The highest BCUT2D eigenvalue weighted by molar-refractivity contribution is 7.80. The van der Waals surface area contributed by atoms with Gasteiger partial charge >= 0.3 is 0 Å². The van der Waals surface area contributed by atoms with E-state index in [-0.39, 0.29) is 0 Å². The van der Waals surface area contributed by atoms with Crippen LogP contribution in [0.3, 0.4) is 0 Å². The monoisotopic (exact) mass is 323 g/mol. The summed E-state index contributed by atoms with van der Waals surface area (Å²) in [4.78, 5) is 6.89. The molecule has 1 aliphatic rings. The Morgan fingerprint density at radius 1 is 1.00 bits per heavy atom. The number of nitrogens with one attached hydrogen (secondary N) is 1. The van der Waals surface area contributed by atoms with E-state index >= 15 is 0 Å². The van der Waals surface area contributed by atoms with Crippen molar-refractivity contribution in [3.63, 3.8) is 0 Å². The highest BCUT2D eigenvalue weighted by Crippen LogP contribution is 2.13. The second kappa shape index (κ2) is 7.38. The summed E-state index contributed by atoms with van der Waals surface area (Å²) in [5.74, 6) is 0.799. The van der Waals surface area contributed by atoms with E-state index in [1.807, 2.05) is 30.3 Å². The Kier molecular flexibility index (Phi) is 5.03. The zero-order valence-electron chi connectivity index (χ0n) is 13.3. The van der Waals surface area contributed by atoms with Crippen LogP contribution in [0.1, 0.15) is 24.0 Å². The number of thiocarbonyl (C=S) groups is 1. The molecule has 1 N–H and O–H groups in total. The summed E-state index contributed by atoms with van der Waals surface area (Å²) in [6, 6.07) is 18.4. The van der Waals surface area contributed by atoms with Crippen LogP contribution < -0.4 is 5.32 Å². The highest BCUT2D eigenvalue weighted by Gasteiger charge is 2.15. The number of aliphatic imine (C=N–C) groups is 1. The van der Waals surface area contributed by atoms with Crippen LogP contribution >= 0.6 is 12.2 Å². The average Bonchev–Trinajstić information content (AvgIpc) is 3.10. The number of likely N-dealkylation sites (tertiary alicyclic amines) is 1. The van der Waals surface area contributed by atoms with Crippen LogP contribution in [-0.4, -0.2) is 28.9 Å². The van der Waals surface area contributed by atoms with E-state index in [1.54, 1.807) is 0 Å². The first-order valence-electron chi connectivity index (χ1n) is 7.99. The largest absolute Gasteiger partial charge is 0.347 e. The Bertz CT molecular complexity index is 686. The maximum Gasteiger partial charge on any atom is 0.197 e. The predicted molar refractivity (Wildman–Crippen MR) is 101 cm³/mol. The fraction of sp³-hybridized carbons (Fsp3) is 0.263. The first-order chi connectivity index (χ1) is 11.2. The number of para-hydroxylation sites is 1. The van der Waals surface area contributed by atoms with E-state index in [4.69, 9.17) is 17.2 Å². The number of hydrogen-bond donors (Lipinski definition) is 1. The number of benzene rings is 2. The van der Waals surface area contributed by atoms with Crippen LogP contribution in [0.2, 0.25) is 0 Å². The predicted octanol–water partition coefficient (Wildman–Crippen LogP) is 4.23. The van der Waals surface area contributed by atoms with Gasteiger partial charge in [0.05, 0.1) is 0 Å². The van der Waals surface area contributed by atoms with E-state index in [0.717, 1.165) is 30.2 Å². The minimum atomic E-state index is 0.668. The summed E-state index contributed by atoms with van der Waals surface area (Å²) < 4.78 is 0. The number of aryl methyl sites for hydroxylation is 1. The standard InChI is InChI=1S/C19H21N3S/c1-15-9-11-16(12-10-15)18(20-17-7-3-2-4-8-17)21-19(23)22-13-5-6-14-22/h2-4,7-12H,5-6,13-14H2,1H3,(H,20,21,23). The summed E-state index contributed by atoms with van der Waals surface area (Å²) in [7, 11) is 0. The molecule has 3 rings (SSSR count). The molecule has 3 nitrogen and oxygen atoms in total. The van der Waals surface area contributed by atoms with Crippen LogP contribution in [0, 0.1) is 6.92 Å². The lowest BCUT2D eigenvalue weighted by molar-refractivity contribution is 0.524. The van der Waals surface area contributed by atoms with Gasteiger partial charge in [-0.2, -0.15) is 0 Å². The maximum absolute atomic E-state index is 5.53. The number of hydrogen-bond acceptors (Lipinski definition) is 1. The Labute approximate surface area is 143 Å². The van der Waals surface area contributed by atoms with Gasteiger partial charge in [-0.15, -0.1) is 0 Å². The molecule has 1 aliphatic heterocycles. The Hall–Kier alpha value is -2.20. The summed E-state index contributed by atoms with van der Waals surface area (Å²) in [6.45, 7) is 4.10. The Morgan fingerprint density at radius 3 is 2.30 bits per heavy atom. The van der Waals surface area contributed by atoms with Crippen molar-refractivity contribution in [3.05, 3.63) is 65.7 Å². The van der Waals surface area contributed by atoms with Gasteiger partial charge in [0.15, 0.2) is 5.11 Å². The summed E-state index contributed by atoms with van der Waals surface area (Å²) >= 11 is 5.53. The fourth-order valence-corrected chi connectivity index (χ4v) is 2.88. The minimum Gasteiger partial charge on any atom is -0.347 e. The van der Waals surface area contributed by atoms with Crippen molar-refractivity contribution in [2.75, 3.05) is 18.4 Å². The number of amidine groups is 1. The second-order valence-corrected chi connectivity index (χ2v) is 6.16. The third-order valence-electron chi connectivity index (χ3n) is 3.95. The molecule has 0 spiro atoms. The van der Waals surface area contributed by atoms with Crippen molar-refractivity contribution in [2.45, 2.75) is 19.8 Å². The van der Waals surface area contributed by atoms with E-state index < -0.39 is 0 Å². The molecule has 23 heavy (non-hydrogen) atoms. The van der Waals surface area contributed by atoms with E-state index in [9.17, 15) is 0 Å². The molecule has 2 aromatic rings. The lowest BCUT2D eigenvalue weighted by Crippen LogP contribution is -2.27. The van der Waals surface area contributed by atoms with E-state index in [2.05, 4.69) is 41.4 Å². The van der Waals surface area contributed by atoms with Gasteiger partial charge in [-0.1, -0.05) is 48.0 Å². The average molecular weight is 323 g/mol. The van der Waals surface area contributed by atoms with Crippen molar-refractivity contribution in [2.24, 2.45) is 4.99 Å². The van der Waals surface area contributed by atoms with E-state index in [0.29, 0.717) is 5.11 Å². The van der Waals surface area contributed by atoms with Crippen LogP contribution in [0.15, 0.2) is 59.6 Å². The van der Waals surface area contributed by atoms with Crippen molar-refractivity contribution >= 4 is 28.9 Å². The topological polar surface area (TPSA) is 27.6 Å². The van der Waals surface area contributed by atoms with Gasteiger partial charge in [-0.25, -0.2) is 4.99 Å². The van der Waals surface area contributed by atoms with Crippen molar-refractivity contribution in [1.82, 2.24) is 4.90 Å². The normalized spacial score (nSPS) is 14.8. The van der Waals surface area contributed by atoms with Gasteiger partial charge in [0.25, 0.3) is 0 Å². The fourth-order valence-electron chi connectivity index (χ4n) is 2.61. The molecule has 1 heterocycles. The quantitative estimate of drug-likeness (QED) is 0.509. The third kappa shape index (κ3) is 4.17. The van der Waals surface area contributed by atoms with Gasteiger partial charge in [0.2, 0.25) is 0 Å². The van der Waals surface area contributed by atoms with Crippen LogP contribution in [0.25, 0.3) is 0 Å². The SMILES string of the molecule is Cc1ccc(C(=NC(=S)N2CCCC2)Nc2ccccc2)cc1. The summed E-state index contributed by atoms with van der Waals surface area (Å²) in [5.41, 5.74) is 3.28. The molecule has 0 radical (unpaired) electrons. The van der Waals surface area contributed by atoms with Crippen molar-refractivity contribution in [1.29, 1.82) is 0 Å². The molecule has 0 saturated carbocycles. The van der Waals surface area contributed by atoms with Gasteiger partial charge in [-0.3, -0.25) is 0 Å².